The summed E-state index contributed by atoms with van der Waals surface area (Å²) in [7, 11) is 0. The Morgan fingerprint density at radius 1 is 1.19 bits per heavy atom. The molecule has 3 fully saturated rings. The first kappa shape index (κ1) is 24.9. The second-order valence-electron chi connectivity index (χ2n) is 11.7. The molecule has 196 valence electrons. The molecule has 2 N–H and O–H groups in total. The van der Waals surface area contributed by atoms with E-state index in [9.17, 15) is 14.7 Å². The van der Waals surface area contributed by atoms with Crippen LogP contribution in [0.3, 0.4) is 0 Å². The summed E-state index contributed by atoms with van der Waals surface area (Å²) in [5.41, 5.74) is 0.455. The molecule has 3 heterocycles. The molecule has 0 spiro atoms. The Morgan fingerprint density at radius 3 is 2.61 bits per heavy atom. The molecule has 5 rings (SSSR count). The highest BCUT2D eigenvalue weighted by Crippen LogP contribution is 2.40. The number of carbonyl (C=O) groups excluding carboxylic acids is 2. The van der Waals surface area contributed by atoms with Crippen LogP contribution in [0.15, 0.2) is 10.7 Å². The second kappa shape index (κ2) is 9.57. The Hall–Kier alpha value is -2.82. The fourth-order valence-electron chi connectivity index (χ4n) is 5.54. The maximum atomic E-state index is 13.9. The van der Waals surface area contributed by atoms with Gasteiger partial charge >= 0.3 is 0 Å². The van der Waals surface area contributed by atoms with Gasteiger partial charge in [-0.2, -0.15) is 4.98 Å². The third-order valence-corrected chi connectivity index (χ3v) is 7.64. The van der Waals surface area contributed by atoms with Gasteiger partial charge in [-0.05, 0) is 37.5 Å². The van der Waals surface area contributed by atoms with Gasteiger partial charge in [-0.3, -0.25) is 9.59 Å². The van der Waals surface area contributed by atoms with Gasteiger partial charge in [-0.25, -0.2) is 4.68 Å². The Balaban J connectivity index is 1.27. The highest BCUT2D eigenvalue weighted by Gasteiger charge is 2.46. The van der Waals surface area contributed by atoms with E-state index in [0.717, 1.165) is 37.8 Å². The molecule has 0 bridgehead atoms. The Kier molecular flexibility index (Phi) is 6.61. The van der Waals surface area contributed by atoms with Crippen molar-refractivity contribution in [1.29, 1.82) is 0 Å². The molecule has 1 saturated heterocycles. The van der Waals surface area contributed by atoms with Crippen LogP contribution in [-0.4, -0.2) is 71.7 Å². The number of rotatable bonds is 7. The molecule has 11 heteroatoms. The van der Waals surface area contributed by atoms with Crippen LogP contribution in [0, 0.1) is 5.41 Å². The van der Waals surface area contributed by atoms with Crippen molar-refractivity contribution in [3.63, 3.8) is 0 Å². The van der Waals surface area contributed by atoms with Crippen LogP contribution in [0.5, 0.6) is 0 Å². The van der Waals surface area contributed by atoms with E-state index in [4.69, 9.17) is 4.52 Å². The van der Waals surface area contributed by atoms with Gasteiger partial charge in [0.1, 0.15) is 12.1 Å². The molecular weight excluding hydrogens is 462 g/mol. The molecule has 3 aliphatic rings. The van der Waals surface area contributed by atoms with Crippen LogP contribution < -0.4 is 5.32 Å². The minimum Gasteiger partial charge on any atom is -0.391 e. The van der Waals surface area contributed by atoms with E-state index in [0.29, 0.717) is 24.1 Å². The summed E-state index contributed by atoms with van der Waals surface area (Å²) in [5, 5.41) is 26.1. The number of aromatic nitrogens is 5. The Morgan fingerprint density at radius 2 is 1.94 bits per heavy atom. The van der Waals surface area contributed by atoms with Gasteiger partial charge in [0.15, 0.2) is 5.82 Å². The smallest absolute Gasteiger partial charge is 0.248 e. The molecule has 4 unspecified atom stereocenters. The van der Waals surface area contributed by atoms with Crippen molar-refractivity contribution in [2.45, 2.75) is 109 Å². The number of β-amino-alcohol motifs (C(OH)–C–C–N with tert-alkyl or cyclic N) is 1. The van der Waals surface area contributed by atoms with Crippen molar-refractivity contribution in [3.05, 3.63) is 23.6 Å². The van der Waals surface area contributed by atoms with Crippen LogP contribution >= 0.6 is 0 Å². The van der Waals surface area contributed by atoms with Gasteiger partial charge < -0.3 is 19.8 Å². The maximum Gasteiger partial charge on any atom is 0.248 e. The van der Waals surface area contributed by atoms with Crippen LogP contribution in [0.2, 0.25) is 0 Å². The summed E-state index contributed by atoms with van der Waals surface area (Å²) in [6, 6.07) is -1.39. The number of aryl methyl sites for hydroxylation is 1. The lowest BCUT2D eigenvalue weighted by Gasteiger charge is -2.34. The molecule has 2 aliphatic carbocycles. The molecule has 2 aromatic heterocycles. The molecule has 2 saturated carbocycles. The van der Waals surface area contributed by atoms with Gasteiger partial charge in [0.05, 0.1) is 11.8 Å². The number of nitrogens with one attached hydrogen (secondary N) is 1. The number of hydrogen-bond donors (Lipinski definition) is 2. The molecule has 0 radical (unpaired) electrons. The third-order valence-electron chi connectivity index (χ3n) is 7.64. The molecule has 5 atom stereocenters. The number of amides is 2. The SMILES string of the molecule is CCc1noc(C2CCC(NC(=O)C3CC(O)CN3C(=O)[C@@H](n3cc(C4CC4)nn3)C(C)(C)C)C2)n1. The van der Waals surface area contributed by atoms with E-state index < -0.39 is 23.6 Å². The van der Waals surface area contributed by atoms with Crippen molar-refractivity contribution in [3.8, 4) is 0 Å². The predicted molar refractivity (Wildman–Crippen MR) is 129 cm³/mol. The van der Waals surface area contributed by atoms with Crippen molar-refractivity contribution < 1.29 is 19.2 Å². The quantitative estimate of drug-likeness (QED) is 0.590. The number of aliphatic hydroxyl groups is 1. The molecule has 1 aliphatic heterocycles. The normalized spacial score (nSPS) is 27.4. The highest BCUT2D eigenvalue weighted by atomic mass is 16.5. The van der Waals surface area contributed by atoms with Crippen LogP contribution in [0.4, 0.5) is 0 Å². The van der Waals surface area contributed by atoms with E-state index in [1.807, 2.05) is 33.9 Å². The van der Waals surface area contributed by atoms with Crippen molar-refractivity contribution in [2.24, 2.45) is 5.41 Å². The number of likely N-dealkylation sites (tertiary alicyclic amines) is 1. The Labute approximate surface area is 211 Å². The van der Waals surface area contributed by atoms with E-state index in [2.05, 4.69) is 25.8 Å². The molecule has 36 heavy (non-hydrogen) atoms. The first-order chi connectivity index (χ1) is 17.1. The van der Waals surface area contributed by atoms with Gasteiger partial charge in [-0.15, -0.1) is 5.10 Å². The van der Waals surface area contributed by atoms with Crippen molar-refractivity contribution >= 4 is 11.8 Å². The molecule has 2 amide bonds. The van der Waals surface area contributed by atoms with E-state index in [1.54, 1.807) is 4.68 Å². The molecular formula is C25H37N7O4. The maximum absolute atomic E-state index is 13.9. The third kappa shape index (κ3) is 5.02. The van der Waals surface area contributed by atoms with Crippen molar-refractivity contribution in [2.75, 3.05) is 6.54 Å². The van der Waals surface area contributed by atoms with E-state index in [-0.39, 0.29) is 36.7 Å². The predicted octanol–water partition coefficient (Wildman–Crippen LogP) is 2.10. The van der Waals surface area contributed by atoms with E-state index in [1.165, 1.54) is 4.90 Å². The van der Waals surface area contributed by atoms with E-state index >= 15 is 0 Å². The lowest BCUT2D eigenvalue weighted by Crippen LogP contribution is -2.51. The van der Waals surface area contributed by atoms with Gasteiger partial charge in [0.2, 0.25) is 17.7 Å². The average Bonchev–Trinajstić information content (AvgIpc) is 3.23. The number of carbonyl (C=O) groups is 2. The lowest BCUT2D eigenvalue weighted by molar-refractivity contribution is -0.144. The largest absolute Gasteiger partial charge is 0.391 e. The lowest BCUT2D eigenvalue weighted by atomic mass is 9.85. The minimum atomic E-state index is -0.745. The number of nitrogens with zero attached hydrogens (tertiary/aromatic N) is 6. The minimum absolute atomic E-state index is 0.0380. The molecule has 0 aromatic carbocycles. The standard InChI is InChI=1S/C25H37N7O4/c1-5-20-27-23(36-29-20)15-8-9-16(10-15)26-22(34)19-11-17(33)12-31(19)24(35)21(25(2,3)4)32-13-18(28-30-32)14-6-7-14/h13-17,19,21,33H,5-12H2,1-4H3,(H,26,34)/t15?,16?,17?,19?,21-/m1/s1. The van der Waals surface area contributed by atoms with Gasteiger partial charge in [-0.1, -0.05) is 38.1 Å². The second-order valence-corrected chi connectivity index (χ2v) is 11.7. The fourth-order valence-corrected chi connectivity index (χ4v) is 5.54. The number of hydrogen-bond acceptors (Lipinski definition) is 8. The van der Waals surface area contributed by atoms with Crippen LogP contribution in [0.1, 0.15) is 102 Å². The first-order valence-corrected chi connectivity index (χ1v) is 13.2. The summed E-state index contributed by atoms with van der Waals surface area (Å²) in [5.74, 6) is 1.43. The topological polar surface area (TPSA) is 139 Å². The zero-order valence-electron chi connectivity index (χ0n) is 21.6. The van der Waals surface area contributed by atoms with Crippen molar-refractivity contribution in [1.82, 2.24) is 35.4 Å². The summed E-state index contributed by atoms with van der Waals surface area (Å²) in [6.07, 6.45) is 6.63. The monoisotopic (exact) mass is 499 g/mol. The van der Waals surface area contributed by atoms with Gasteiger partial charge in [0.25, 0.3) is 0 Å². The zero-order valence-corrected chi connectivity index (χ0v) is 21.6. The first-order valence-electron chi connectivity index (χ1n) is 13.2. The molecule has 11 nitrogen and oxygen atoms in total. The van der Waals surface area contributed by atoms with Gasteiger partial charge in [0, 0.05) is 43.5 Å². The zero-order chi connectivity index (χ0) is 25.6. The summed E-state index contributed by atoms with van der Waals surface area (Å²) < 4.78 is 7.05. The summed E-state index contributed by atoms with van der Waals surface area (Å²) >= 11 is 0. The molecule has 2 aromatic rings. The van der Waals surface area contributed by atoms with Crippen LogP contribution in [0.25, 0.3) is 0 Å². The average molecular weight is 500 g/mol. The summed E-state index contributed by atoms with van der Waals surface area (Å²) in [4.78, 5) is 33.2. The number of aliphatic hydroxyl groups excluding tert-OH is 1. The highest BCUT2D eigenvalue weighted by molar-refractivity contribution is 5.90. The fraction of sp³-hybridized carbons (Fsp3) is 0.760. The van der Waals surface area contributed by atoms with Crippen LogP contribution in [-0.2, 0) is 16.0 Å². The Bertz CT molecular complexity index is 1100. The summed E-state index contributed by atoms with van der Waals surface area (Å²) in [6.45, 7) is 8.05.